The number of methoxy groups -OCH3 is 1. The number of rotatable bonds is 3. The summed E-state index contributed by atoms with van der Waals surface area (Å²) in [4.78, 5) is 24.5. The predicted molar refractivity (Wildman–Crippen MR) is 97.1 cm³/mol. The predicted octanol–water partition coefficient (Wildman–Crippen LogP) is 3.90. The van der Waals surface area contributed by atoms with Crippen molar-refractivity contribution in [1.29, 1.82) is 0 Å². The average Bonchev–Trinajstić information content (AvgIpc) is 2.68. The Hall–Kier alpha value is -3.08. The molecule has 0 aliphatic heterocycles. The van der Waals surface area contributed by atoms with Crippen LogP contribution in [-0.4, -0.2) is 13.1 Å². The molecule has 0 spiro atoms. The minimum Gasteiger partial charge on any atom is -0.497 e. The van der Waals surface area contributed by atoms with Gasteiger partial charge in [-0.15, -0.1) is 0 Å². The summed E-state index contributed by atoms with van der Waals surface area (Å²) in [5.74, 6) is 0.531. The third kappa shape index (κ3) is 2.96. The van der Waals surface area contributed by atoms with Gasteiger partial charge >= 0.3 is 11.6 Å². The summed E-state index contributed by atoms with van der Waals surface area (Å²) in [6.07, 6.45) is 3.73. The Morgan fingerprint density at radius 3 is 2.38 bits per heavy atom. The minimum absolute atomic E-state index is 0.286. The van der Waals surface area contributed by atoms with Gasteiger partial charge in [0, 0.05) is 17.0 Å². The molecule has 0 saturated carbocycles. The number of ether oxygens (including phenoxy) is 2. The second-order valence-corrected chi connectivity index (χ2v) is 6.33. The van der Waals surface area contributed by atoms with E-state index in [1.54, 1.807) is 43.5 Å². The molecule has 132 valence electrons. The number of fused-ring (bicyclic) bond motifs is 3. The normalized spacial score (nSPS) is 13.3. The van der Waals surface area contributed by atoms with E-state index in [0.29, 0.717) is 22.6 Å². The van der Waals surface area contributed by atoms with Gasteiger partial charge in [0.25, 0.3) is 0 Å². The topological polar surface area (TPSA) is 65.7 Å². The van der Waals surface area contributed by atoms with Crippen LogP contribution in [0.4, 0.5) is 0 Å². The van der Waals surface area contributed by atoms with Crippen LogP contribution in [0, 0.1) is 0 Å². The van der Waals surface area contributed by atoms with Crippen LogP contribution >= 0.6 is 0 Å². The number of hydrogen-bond donors (Lipinski definition) is 0. The van der Waals surface area contributed by atoms with Crippen molar-refractivity contribution in [2.24, 2.45) is 0 Å². The van der Waals surface area contributed by atoms with Gasteiger partial charge in [-0.2, -0.15) is 0 Å². The highest BCUT2D eigenvalue weighted by Gasteiger charge is 2.18. The molecule has 0 bridgehead atoms. The molecule has 3 aromatic rings. The quantitative estimate of drug-likeness (QED) is 0.407. The highest BCUT2D eigenvalue weighted by atomic mass is 16.5. The van der Waals surface area contributed by atoms with Crippen molar-refractivity contribution in [2.75, 3.05) is 7.11 Å². The zero-order valence-corrected chi connectivity index (χ0v) is 14.4. The van der Waals surface area contributed by atoms with Gasteiger partial charge in [0.05, 0.1) is 12.7 Å². The Balaban J connectivity index is 1.65. The number of carbonyl (C=O) groups excluding carboxylic acids is 1. The number of esters is 1. The second-order valence-electron chi connectivity index (χ2n) is 6.33. The Morgan fingerprint density at radius 1 is 0.962 bits per heavy atom. The first-order valence-electron chi connectivity index (χ1n) is 8.60. The van der Waals surface area contributed by atoms with Crippen molar-refractivity contribution >= 4 is 16.9 Å². The van der Waals surface area contributed by atoms with Crippen LogP contribution in [0.2, 0.25) is 0 Å². The fraction of sp³-hybridized carbons (Fsp3) is 0.238. The third-order valence-electron chi connectivity index (χ3n) is 4.73. The lowest BCUT2D eigenvalue weighted by molar-refractivity contribution is 0.0735. The summed E-state index contributed by atoms with van der Waals surface area (Å²) < 4.78 is 16.0. The van der Waals surface area contributed by atoms with Gasteiger partial charge in [-0.3, -0.25) is 0 Å². The van der Waals surface area contributed by atoms with Crippen molar-refractivity contribution in [3.63, 3.8) is 0 Å². The Bertz CT molecular complexity index is 1030. The van der Waals surface area contributed by atoms with Gasteiger partial charge in [-0.1, -0.05) is 0 Å². The van der Waals surface area contributed by atoms with Crippen molar-refractivity contribution in [3.8, 4) is 11.5 Å². The summed E-state index contributed by atoms with van der Waals surface area (Å²) >= 11 is 0. The number of hydrogen-bond acceptors (Lipinski definition) is 5. The standard InChI is InChI=1S/C21H18O5/c1-24-14-8-6-13(7-9-14)20(22)25-15-10-11-17-16-4-2-3-5-18(16)21(23)26-19(17)12-15/h6-12H,2-5H2,1H3. The highest BCUT2D eigenvalue weighted by molar-refractivity contribution is 5.92. The highest BCUT2D eigenvalue weighted by Crippen LogP contribution is 2.29. The van der Waals surface area contributed by atoms with Crippen molar-refractivity contribution in [2.45, 2.75) is 25.7 Å². The lowest BCUT2D eigenvalue weighted by Crippen LogP contribution is -2.16. The second kappa shape index (κ2) is 6.67. The van der Waals surface area contributed by atoms with E-state index in [-0.39, 0.29) is 5.63 Å². The van der Waals surface area contributed by atoms with Crippen LogP contribution in [0.25, 0.3) is 11.0 Å². The van der Waals surface area contributed by atoms with Crippen molar-refractivity contribution in [1.82, 2.24) is 0 Å². The molecular weight excluding hydrogens is 332 g/mol. The zero-order chi connectivity index (χ0) is 18.1. The Labute approximate surface area is 150 Å². The van der Waals surface area contributed by atoms with Crippen LogP contribution in [0.1, 0.15) is 34.3 Å². The summed E-state index contributed by atoms with van der Waals surface area (Å²) in [5, 5.41) is 0.920. The molecule has 1 heterocycles. The molecule has 4 rings (SSSR count). The van der Waals surface area contributed by atoms with Crippen LogP contribution in [0.5, 0.6) is 11.5 Å². The molecule has 2 aromatic carbocycles. The Kier molecular flexibility index (Phi) is 4.21. The third-order valence-corrected chi connectivity index (χ3v) is 4.73. The first kappa shape index (κ1) is 16.4. The summed E-state index contributed by atoms with van der Waals surface area (Å²) in [6.45, 7) is 0. The maximum Gasteiger partial charge on any atom is 0.343 e. The Morgan fingerprint density at radius 2 is 1.65 bits per heavy atom. The molecule has 0 saturated heterocycles. The van der Waals surface area contributed by atoms with E-state index in [4.69, 9.17) is 13.9 Å². The molecule has 1 aliphatic carbocycles. The first-order chi connectivity index (χ1) is 12.7. The van der Waals surface area contributed by atoms with E-state index in [9.17, 15) is 9.59 Å². The van der Waals surface area contributed by atoms with Gasteiger partial charge in [0.1, 0.15) is 17.1 Å². The molecule has 1 aliphatic rings. The smallest absolute Gasteiger partial charge is 0.343 e. The molecule has 0 atom stereocenters. The van der Waals surface area contributed by atoms with E-state index in [1.165, 1.54) is 0 Å². The molecule has 0 radical (unpaired) electrons. The zero-order valence-electron chi connectivity index (χ0n) is 14.4. The summed E-state index contributed by atoms with van der Waals surface area (Å²) in [7, 11) is 1.56. The van der Waals surface area contributed by atoms with Crippen LogP contribution < -0.4 is 15.1 Å². The number of carbonyl (C=O) groups is 1. The maximum absolute atomic E-state index is 12.3. The van der Waals surface area contributed by atoms with E-state index in [1.807, 2.05) is 6.07 Å². The molecule has 0 N–H and O–H groups in total. The lowest BCUT2D eigenvalue weighted by Gasteiger charge is -2.16. The van der Waals surface area contributed by atoms with Gasteiger partial charge in [0.15, 0.2) is 0 Å². The number of aryl methyl sites for hydroxylation is 1. The molecule has 26 heavy (non-hydrogen) atoms. The first-order valence-corrected chi connectivity index (χ1v) is 8.60. The van der Waals surface area contributed by atoms with E-state index >= 15 is 0 Å². The van der Waals surface area contributed by atoms with E-state index in [2.05, 4.69) is 0 Å². The van der Waals surface area contributed by atoms with Gasteiger partial charge in [-0.05, 0) is 67.6 Å². The molecule has 5 heteroatoms. The largest absolute Gasteiger partial charge is 0.497 e. The fourth-order valence-electron chi connectivity index (χ4n) is 3.38. The van der Waals surface area contributed by atoms with E-state index in [0.717, 1.165) is 42.2 Å². The minimum atomic E-state index is -0.479. The van der Waals surface area contributed by atoms with Gasteiger partial charge in [-0.25, -0.2) is 9.59 Å². The molecule has 0 unspecified atom stereocenters. The van der Waals surface area contributed by atoms with Gasteiger partial charge < -0.3 is 13.9 Å². The van der Waals surface area contributed by atoms with Crippen LogP contribution in [-0.2, 0) is 12.8 Å². The summed E-state index contributed by atoms with van der Waals surface area (Å²) in [5.41, 5.74) is 2.43. The van der Waals surface area contributed by atoms with Gasteiger partial charge in [0.2, 0.25) is 0 Å². The SMILES string of the molecule is COc1ccc(C(=O)Oc2ccc3c4c(c(=O)oc3c2)CCCC4)cc1. The number of benzene rings is 2. The molecule has 5 nitrogen and oxygen atoms in total. The average molecular weight is 350 g/mol. The fourth-order valence-corrected chi connectivity index (χ4v) is 3.38. The van der Waals surface area contributed by atoms with Crippen molar-refractivity contribution in [3.05, 3.63) is 69.6 Å². The molecule has 0 fully saturated rings. The van der Waals surface area contributed by atoms with Crippen LogP contribution in [0.15, 0.2) is 51.7 Å². The maximum atomic E-state index is 12.3. The lowest BCUT2D eigenvalue weighted by atomic mass is 9.91. The summed E-state index contributed by atoms with van der Waals surface area (Å²) in [6, 6.07) is 11.9. The molecule has 1 aromatic heterocycles. The van der Waals surface area contributed by atoms with E-state index < -0.39 is 5.97 Å². The monoisotopic (exact) mass is 350 g/mol. The van der Waals surface area contributed by atoms with Crippen molar-refractivity contribution < 1.29 is 18.7 Å². The van der Waals surface area contributed by atoms with Crippen LogP contribution in [0.3, 0.4) is 0 Å². The molecule has 0 amide bonds. The molecular formula is C21H18O5.